The smallest absolute Gasteiger partial charge is 0.237 e. The monoisotopic (exact) mass is 380 g/mol. The molecule has 0 saturated heterocycles. The Morgan fingerprint density at radius 2 is 2.12 bits per heavy atom. The predicted molar refractivity (Wildman–Crippen MR) is 103 cm³/mol. The van der Waals surface area contributed by atoms with Crippen LogP contribution in [-0.4, -0.2) is 20.1 Å². The topological polar surface area (TPSA) is 64.7 Å². The molecular weight excluding hydrogens is 364 g/mol. The zero-order valence-electron chi connectivity index (χ0n) is 14.2. The van der Waals surface area contributed by atoms with Gasteiger partial charge >= 0.3 is 0 Å². The molecule has 0 saturated carbocycles. The summed E-state index contributed by atoms with van der Waals surface area (Å²) < 4.78 is 5.46. The number of fused-ring (bicyclic) bond motifs is 3. The third kappa shape index (κ3) is 2.71. The highest BCUT2D eigenvalue weighted by molar-refractivity contribution is 7.98. The number of aryl methyl sites for hydroxylation is 3. The quantitative estimate of drug-likeness (QED) is 0.373. The number of hydrogen-bond acceptors (Lipinski definition) is 7. The van der Waals surface area contributed by atoms with E-state index in [0.717, 1.165) is 27.4 Å². The number of nitrogens with zero attached hydrogens (tertiary/aromatic N) is 4. The minimum atomic E-state index is 0.607. The van der Waals surface area contributed by atoms with Gasteiger partial charge in [-0.15, -0.1) is 11.3 Å². The van der Waals surface area contributed by atoms with Gasteiger partial charge in [0, 0.05) is 15.8 Å². The highest BCUT2D eigenvalue weighted by Crippen LogP contribution is 2.40. The Hall–Kier alpha value is -2.25. The summed E-state index contributed by atoms with van der Waals surface area (Å²) in [6.45, 7) is 2.05. The third-order valence-electron chi connectivity index (χ3n) is 4.65. The van der Waals surface area contributed by atoms with E-state index in [9.17, 15) is 0 Å². The van der Waals surface area contributed by atoms with Gasteiger partial charge in [-0.1, -0.05) is 41.2 Å². The van der Waals surface area contributed by atoms with Crippen molar-refractivity contribution >= 4 is 33.3 Å². The number of aromatic nitrogens is 4. The summed E-state index contributed by atoms with van der Waals surface area (Å²) in [6.07, 6.45) is 5.20. The highest BCUT2D eigenvalue weighted by Gasteiger charge is 2.21. The summed E-state index contributed by atoms with van der Waals surface area (Å²) in [4.78, 5) is 16.1. The van der Waals surface area contributed by atoms with E-state index in [1.807, 2.05) is 29.5 Å². The van der Waals surface area contributed by atoms with E-state index >= 15 is 0 Å². The first-order valence-electron chi connectivity index (χ1n) is 8.56. The van der Waals surface area contributed by atoms with Crippen molar-refractivity contribution in [1.82, 2.24) is 20.1 Å². The lowest BCUT2D eigenvalue weighted by Gasteiger charge is -2.01. The van der Waals surface area contributed by atoms with Gasteiger partial charge in [-0.25, -0.2) is 9.97 Å². The maximum absolute atomic E-state index is 5.46. The van der Waals surface area contributed by atoms with Crippen LogP contribution in [0.15, 0.2) is 40.1 Å². The Labute approximate surface area is 158 Å². The van der Waals surface area contributed by atoms with Gasteiger partial charge < -0.3 is 4.52 Å². The Morgan fingerprint density at radius 1 is 1.19 bits per heavy atom. The standard InChI is InChI=1S/C19H16N4OS2/c1-11-5-2-3-6-12(11)17-22-15(24-23-17)9-25-18-16-13-7-4-8-14(13)26-19(16)21-10-20-18/h2-3,5-6,10H,4,7-9H2,1H3. The van der Waals surface area contributed by atoms with Crippen molar-refractivity contribution in [3.8, 4) is 11.4 Å². The SMILES string of the molecule is Cc1ccccc1-c1noc(CSc2ncnc3sc4c(c23)CCC4)n1. The van der Waals surface area contributed by atoms with E-state index in [4.69, 9.17) is 4.52 Å². The maximum Gasteiger partial charge on any atom is 0.237 e. The van der Waals surface area contributed by atoms with Crippen molar-refractivity contribution in [3.63, 3.8) is 0 Å². The van der Waals surface area contributed by atoms with Crippen LogP contribution in [0, 0.1) is 6.92 Å². The second-order valence-corrected chi connectivity index (χ2v) is 8.38. The maximum atomic E-state index is 5.46. The zero-order valence-corrected chi connectivity index (χ0v) is 15.9. The van der Waals surface area contributed by atoms with Crippen LogP contribution in [0.3, 0.4) is 0 Å². The molecule has 3 heterocycles. The minimum Gasteiger partial charge on any atom is -0.338 e. The summed E-state index contributed by atoms with van der Waals surface area (Å²) >= 11 is 3.46. The molecule has 5 nitrogen and oxygen atoms in total. The normalized spacial score (nSPS) is 13.4. The fraction of sp³-hybridized carbons (Fsp3) is 0.263. The second-order valence-electron chi connectivity index (χ2n) is 6.33. The summed E-state index contributed by atoms with van der Waals surface area (Å²) in [6, 6.07) is 8.06. The summed E-state index contributed by atoms with van der Waals surface area (Å²) in [5, 5.41) is 6.39. The first kappa shape index (κ1) is 16.0. The molecule has 1 aliphatic carbocycles. The Balaban J connectivity index is 1.41. The molecule has 0 radical (unpaired) electrons. The van der Waals surface area contributed by atoms with E-state index in [1.54, 1.807) is 18.1 Å². The molecule has 0 N–H and O–H groups in total. The molecule has 5 rings (SSSR count). The molecule has 1 aliphatic rings. The lowest BCUT2D eigenvalue weighted by Crippen LogP contribution is -1.89. The molecule has 1 aromatic carbocycles. The van der Waals surface area contributed by atoms with Crippen LogP contribution in [0.5, 0.6) is 0 Å². The van der Waals surface area contributed by atoms with E-state index in [2.05, 4.69) is 33.1 Å². The summed E-state index contributed by atoms with van der Waals surface area (Å²) in [5.74, 6) is 1.87. The van der Waals surface area contributed by atoms with Crippen molar-refractivity contribution < 1.29 is 4.52 Å². The van der Waals surface area contributed by atoms with Crippen molar-refractivity contribution in [2.24, 2.45) is 0 Å². The fourth-order valence-corrected chi connectivity index (χ4v) is 5.54. The summed E-state index contributed by atoms with van der Waals surface area (Å²) in [7, 11) is 0. The average molecular weight is 380 g/mol. The fourth-order valence-electron chi connectivity index (χ4n) is 3.39. The molecule has 0 aliphatic heterocycles. The number of thioether (sulfide) groups is 1. The molecule has 3 aromatic heterocycles. The van der Waals surface area contributed by atoms with Gasteiger partial charge in [0.25, 0.3) is 0 Å². The number of benzene rings is 1. The van der Waals surface area contributed by atoms with Gasteiger partial charge in [0.15, 0.2) is 0 Å². The largest absolute Gasteiger partial charge is 0.338 e. The minimum absolute atomic E-state index is 0.607. The van der Waals surface area contributed by atoms with Crippen LogP contribution in [0.25, 0.3) is 21.6 Å². The van der Waals surface area contributed by atoms with Crippen LogP contribution >= 0.6 is 23.1 Å². The molecule has 0 amide bonds. The lowest BCUT2D eigenvalue weighted by atomic mass is 10.1. The van der Waals surface area contributed by atoms with Gasteiger partial charge in [0.05, 0.1) is 5.75 Å². The Kier molecular flexibility index (Phi) is 3.98. The van der Waals surface area contributed by atoms with Crippen LogP contribution in [0.1, 0.15) is 28.3 Å². The molecular formula is C19H16N4OS2. The van der Waals surface area contributed by atoms with Gasteiger partial charge in [0.2, 0.25) is 11.7 Å². The van der Waals surface area contributed by atoms with Gasteiger partial charge in [-0.2, -0.15) is 4.98 Å². The molecule has 130 valence electrons. The van der Waals surface area contributed by atoms with E-state index in [1.165, 1.54) is 28.7 Å². The molecule has 0 spiro atoms. The van der Waals surface area contributed by atoms with Crippen molar-refractivity contribution in [1.29, 1.82) is 0 Å². The zero-order chi connectivity index (χ0) is 17.5. The number of thiophene rings is 1. The first-order chi connectivity index (χ1) is 12.8. The molecule has 0 bridgehead atoms. The molecule has 0 fully saturated rings. The van der Waals surface area contributed by atoms with Crippen LogP contribution < -0.4 is 0 Å². The molecule has 4 aromatic rings. The molecule has 0 atom stereocenters. The number of rotatable bonds is 4. The highest BCUT2D eigenvalue weighted by atomic mass is 32.2. The average Bonchev–Trinajstić information content (AvgIpc) is 3.36. The van der Waals surface area contributed by atoms with Crippen LogP contribution in [0.4, 0.5) is 0 Å². The van der Waals surface area contributed by atoms with Crippen molar-refractivity contribution in [2.45, 2.75) is 37.0 Å². The van der Waals surface area contributed by atoms with Gasteiger partial charge in [0.1, 0.15) is 16.2 Å². The summed E-state index contributed by atoms with van der Waals surface area (Å²) in [5.41, 5.74) is 3.59. The Bertz CT molecular complexity index is 1100. The molecule has 0 unspecified atom stereocenters. The lowest BCUT2D eigenvalue weighted by molar-refractivity contribution is 0.391. The van der Waals surface area contributed by atoms with Crippen LogP contribution in [-0.2, 0) is 18.6 Å². The van der Waals surface area contributed by atoms with Crippen molar-refractivity contribution in [2.75, 3.05) is 0 Å². The molecule has 7 heteroatoms. The number of hydrogen-bond donors (Lipinski definition) is 0. The molecule has 26 heavy (non-hydrogen) atoms. The van der Waals surface area contributed by atoms with Gasteiger partial charge in [-0.05, 0) is 37.3 Å². The van der Waals surface area contributed by atoms with Crippen LogP contribution in [0.2, 0.25) is 0 Å². The van der Waals surface area contributed by atoms with Gasteiger partial charge in [-0.3, -0.25) is 0 Å². The van der Waals surface area contributed by atoms with E-state index in [0.29, 0.717) is 17.5 Å². The van der Waals surface area contributed by atoms with Crippen molar-refractivity contribution in [3.05, 3.63) is 52.5 Å². The van der Waals surface area contributed by atoms with E-state index in [-0.39, 0.29) is 0 Å². The third-order valence-corrected chi connectivity index (χ3v) is 6.83. The van der Waals surface area contributed by atoms with E-state index < -0.39 is 0 Å². The first-order valence-corrected chi connectivity index (χ1v) is 10.4. The Morgan fingerprint density at radius 3 is 3.04 bits per heavy atom. The predicted octanol–water partition coefficient (Wildman–Crippen LogP) is 4.83. The second kappa shape index (κ2) is 6.48.